The summed E-state index contributed by atoms with van der Waals surface area (Å²) < 4.78 is 0. The average molecular weight is 207 g/mol. The van der Waals surface area contributed by atoms with Crippen LogP contribution in [0.25, 0.3) is 0 Å². The van der Waals surface area contributed by atoms with Crippen molar-refractivity contribution in [3.8, 4) is 0 Å². The summed E-state index contributed by atoms with van der Waals surface area (Å²) >= 11 is 0. The van der Waals surface area contributed by atoms with Crippen LogP contribution in [0.5, 0.6) is 0 Å². The highest BCUT2D eigenvalue weighted by Crippen LogP contribution is 2.17. The highest BCUT2D eigenvalue weighted by Gasteiger charge is 2.01. The molecule has 1 nitrogen and oxygen atoms in total. The van der Waals surface area contributed by atoms with Gasteiger partial charge in [-0.15, -0.1) is 0 Å². The third-order valence-electron chi connectivity index (χ3n) is 2.37. The molecule has 0 aromatic heterocycles. The van der Waals surface area contributed by atoms with Gasteiger partial charge in [0, 0.05) is 19.3 Å². The summed E-state index contributed by atoms with van der Waals surface area (Å²) in [4.78, 5) is 2.33. The Kier molecular flexibility index (Phi) is 7.79. The molecule has 0 atom stereocenters. The van der Waals surface area contributed by atoms with E-state index in [0.29, 0.717) is 0 Å². The lowest BCUT2D eigenvalue weighted by Gasteiger charge is -2.20. The number of para-hydroxylation sites is 1. The van der Waals surface area contributed by atoms with Crippen LogP contribution in [0.4, 0.5) is 5.69 Å². The van der Waals surface area contributed by atoms with E-state index in [2.05, 4.69) is 50.1 Å². The van der Waals surface area contributed by atoms with Gasteiger partial charge in [0.1, 0.15) is 0 Å². The first-order chi connectivity index (χ1) is 7.25. The van der Waals surface area contributed by atoms with E-state index in [9.17, 15) is 0 Å². The Labute approximate surface area is 95.1 Å². The molecule has 0 saturated heterocycles. The topological polar surface area (TPSA) is 3.24 Å². The predicted molar refractivity (Wildman–Crippen MR) is 70.7 cm³/mol. The van der Waals surface area contributed by atoms with E-state index in [1.165, 1.54) is 24.1 Å². The van der Waals surface area contributed by atoms with E-state index in [4.69, 9.17) is 0 Å². The summed E-state index contributed by atoms with van der Waals surface area (Å²) in [6, 6.07) is 8.54. The smallest absolute Gasteiger partial charge is 0.0393 e. The maximum atomic E-state index is 2.33. The Balaban J connectivity index is 0.000000921. The van der Waals surface area contributed by atoms with Crippen LogP contribution in [-0.4, -0.2) is 13.6 Å². The van der Waals surface area contributed by atoms with Crippen molar-refractivity contribution in [2.24, 2.45) is 0 Å². The van der Waals surface area contributed by atoms with Crippen molar-refractivity contribution in [1.29, 1.82) is 0 Å². The van der Waals surface area contributed by atoms with E-state index >= 15 is 0 Å². The number of rotatable bonds is 4. The molecular weight excluding hydrogens is 182 g/mol. The molecule has 0 N–H and O–H groups in total. The van der Waals surface area contributed by atoms with Crippen LogP contribution in [0.1, 0.15) is 39.2 Å². The first-order valence-corrected chi connectivity index (χ1v) is 6.02. The second-order valence-electron chi connectivity index (χ2n) is 3.56. The van der Waals surface area contributed by atoms with E-state index < -0.39 is 0 Å². The third kappa shape index (κ3) is 4.87. The summed E-state index contributed by atoms with van der Waals surface area (Å²) in [5.74, 6) is 0. The van der Waals surface area contributed by atoms with Gasteiger partial charge in [0.15, 0.2) is 0 Å². The average Bonchev–Trinajstić information content (AvgIpc) is 2.29. The van der Waals surface area contributed by atoms with Crippen molar-refractivity contribution in [3.05, 3.63) is 29.8 Å². The molecule has 0 aliphatic carbocycles. The van der Waals surface area contributed by atoms with Crippen molar-refractivity contribution < 1.29 is 0 Å². The summed E-state index contributed by atoms with van der Waals surface area (Å²) in [5.41, 5.74) is 2.72. The third-order valence-corrected chi connectivity index (χ3v) is 2.37. The molecule has 0 aliphatic rings. The maximum Gasteiger partial charge on any atom is 0.0393 e. The van der Waals surface area contributed by atoms with Crippen LogP contribution in [0, 0.1) is 6.92 Å². The lowest BCUT2D eigenvalue weighted by Crippen LogP contribution is -2.18. The Bertz CT molecular complexity index is 255. The van der Waals surface area contributed by atoms with Gasteiger partial charge >= 0.3 is 0 Å². The summed E-state index contributed by atoms with van der Waals surface area (Å²) in [7, 11) is 2.16. The lowest BCUT2D eigenvalue weighted by atomic mass is 10.2. The molecule has 86 valence electrons. The zero-order valence-electron chi connectivity index (χ0n) is 10.9. The molecule has 15 heavy (non-hydrogen) atoms. The van der Waals surface area contributed by atoms with Crippen LogP contribution in [0.3, 0.4) is 0 Å². The number of nitrogens with zero attached hydrogens (tertiary/aromatic N) is 1. The zero-order valence-corrected chi connectivity index (χ0v) is 10.9. The Morgan fingerprint density at radius 3 is 2.27 bits per heavy atom. The van der Waals surface area contributed by atoms with Gasteiger partial charge < -0.3 is 4.90 Å². The minimum atomic E-state index is 1.15. The quantitative estimate of drug-likeness (QED) is 0.713. The van der Waals surface area contributed by atoms with Crippen LogP contribution in [0.15, 0.2) is 24.3 Å². The molecule has 0 saturated carbocycles. The molecular formula is C14H25N. The molecule has 1 aromatic rings. The number of aryl methyl sites for hydroxylation is 1. The summed E-state index contributed by atoms with van der Waals surface area (Å²) in [5, 5.41) is 0. The molecule has 0 bridgehead atoms. The molecule has 0 heterocycles. The first kappa shape index (κ1) is 14.0. The van der Waals surface area contributed by atoms with Crippen molar-refractivity contribution in [3.63, 3.8) is 0 Å². The molecule has 0 unspecified atom stereocenters. The van der Waals surface area contributed by atoms with Gasteiger partial charge in [-0.3, -0.25) is 0 Å². The van der Waals surface area contributed by atoms with E-state index in [1.54, 1.807) is 0 Å². The zero-order chi connectivity index (χ0) is 11.7. The van der Waals surface area contributed by atoms with Gasteiger partial charge in [-0.1, -0.05) is 45.4 Å². The largest absolute Gasteiger partial charge is 0.374 e. The van der Waals surface area contributed by atoms with Crippen molar-refractivity contribution in [2.45, 2.75) is 40.5 Å². The van der Waals surface area contributed by atoms with Crippen LogP contribution < -0.4 is 4.90 Å². The van der Waals surface area contributed by atoms with E-state index in [-0.39, 0.29) is 0 Å². The molecule has 0 radical (unpaired) electrons. The predicted octanol–water partition coefficient (Wildman–Crippen LogP) is 4.26. The SMILES string of the molecule is CC.CCCCN(C)c1ccccc1C. The molecule has 0 aliphatic heterocycles. The van der Waals surface area contributed by atoms with E-state index in [0.717, 1.165) is 6.54 Å². The number of hydrogen-bond donors (Lipinski definition) is 0. The Hall–Kier alpha value is -0.980. The minimum absolute atomic E-state index is 1.15. The van der Waals surface area contributed by atoms with Gasteiger partial charge in [0.05, 0.1) is 0 Å². The molecule has 1 heteroatoms. The second-order valence-corrected chi connectivity index (χ2v) is 3.56. The second kappa shape index (κ2) is 8.34. The normalized spacial score (nSPS) is 9.13. The van der Waals surface area contributed by atoms with Crippen LogP contribution >= 0.6 is 0 Å². The van der Waals surface area contributed by atoms with Crippen molar-refractivity contribution >= 4 is 5.69 Å². The Morgan fingerprint density at radius 2 is 1.73 bits per heavy atom. The molecule has 0 amide bonds. The van der Waals surface area contributed by atoms with Crippen molar-refractivity contribution in [2.75, 3.05) is 18.5 Å². The molecule has 1 rings (SSSR count). The number of anilines is 1. The van der Waals surface area contributed by atoms with Gasteiger partial charge in [-0.2, -0.15) is 0 Å². The molecule has 1 aromatic carbocycles. The fraction of sp³-hybridized carbons (Fsp3) is 0.571. The van der Waals surface area contributed by atoms with Crippen molar-refractivity contribution in [1.82, 2.24) is 0 Å². The molecule has 0 fully saturated rings. The van der Waals surface area contributed by atoms with Crippen LogP contribution in [-0.2, 0) is 0 Å². The van der Waals surface area contributed by atoms with Crippen LogP contribution in [0.2, 0.25) is 0 Å². The summed E-state index contributed by atoms with van der Waals surface area (Å²) in [6.07, 6.45) is 2.53. The van der Waals surface area contributed by atoms with Gasteiger partial charge in [0.25, 0.3) is 0 Å². The number of benzene rings is 1. The molecule has 0 spiro atoms. The number of hydrogen-bond acceptors (Lipinski definition) is 1. The van der Waals surface area contributed by atoms with Gasteiger partial charge in [-0.05, 0) is 25.0 Å². The Morgan fingerprint density at radius 1 is 1.13 bits per heavy atom. The standard InChI is InChI=1S/C12H19N.C2H6/c1-4-5-10-13(3)12-9-7-6-8-11(12)2;1-2/h6-9H,4-5,10H2,1-3H3;1-2H3. The lowest BCUT2D eigenvalue weighted by molar-refractivity contribution is 0.765. The highest BCUT2D eigenvalue weighted by atomic mass is 15.1. The highest BCUT2D eigenvalue weighted by molar-refractivity contribution is 5.52. The van der Waals surface area contributed by atoms with E-state index in [1.807, 2.05) is 13.8 Å². The fourth-order valence-corrected chi connectivity index (χ4v) is 1.51. The monoisotopic (exact) mass is 207 g/mol. The van der Waals surface area contributed by atoms with Gasteiger partial charge in [0.2, 0.25) is 0 Å². The maximum absolute atomic E-state index is 2.33. The van der Waals surface area contributed by atoms with Gasteiger partial charge in [-0.25, -0.2) is 0 Å². The minimum Gasteiger partial charge on any atom is -0.374 e. The fourth-order valence-electron chi connectivity index (χ4n) is 1.51. The number of unbranched alkanes of at least 4 members (excludes halogenated alkanes) is 1. The summed E-state index contributed by atoms with van der Waals surface area (Å²) in [6.45, 7) is 9.55. The first-order valence-electron chi connectivity index (χ1n) is 6.02.